The fourth-order valence-corrected chi connectivity index (χ4v) is 2.82. The quantitative estimate of drug-likeness (QED) is 0.665. The van der Waals surface area contributed by atoms with Crippen LogP contribution in [0.5, 0.6) is 0 Å². The van der Waals surface area contributed by atoms with Gasteiger partial charge in [0.2, 0.25) is 11.8 Å². The van der Waals surface area contributed by atoms with Crippen LogP contribution in [0.4, 0.5) is 0 Å². The Hall–Kier alpha value is -0.810. The fourth-order valence-electron chi connectivity index (χ4n) is 2.82. The molecule has 2 rings (SSSR count). The second-order valence-corrected chi connectivity index (χ2v) is 4.79. The molecule has 0 bridgehead atoms. The van der Waals surface area contributed by atoms with Crippen LogP contribution in [0.25, 0.3) is 0 Å². The molecule has 2 amide bonds. The fraction of sp³-hybridized carbons (Fsp3) is 0.818. The van der Waals surface area contributed by atoms with E-state index in [9.17, 15) is 9.59 Å². The van der Waals surface area contributed by atoms with Crippen molar-refractivity contribution in [3.8, 4) is 0 Å². The molecule has 0 aromatic carbocycles. The van der Waals surface area contributed by atoms with Crippen LogP contribution in [-0.2, 0) is 9.59 Å². The predicted molar refractivity (Wildman–Crippen MR) is 66.7 cm³/mol. The van der Waals surface area contributed by atoms with Crippen molar-refractivity contribution in [3.05, 3.63) is 0 Å². The Morgan fingerprint density at radius 2 is 2.00 bits per heavy atom. The van der Waals surface area contributed by atoms with Crippen LogP contribution in [0.15, 0.2) is 0 Å². The van der Waals surface area contributed by atoms with Gasteiger partial charge in [0.15, 0.2) is 0 Å². The van der Waals surface area contributed by atoms with Crippen molar-refractivity contribution >= 4 is 24.2 Å². The number of rotatable bonds is 3. The topological polar surface area (TPSA) is 84.2 Å². The Kier molecular flexibility index (Phi) is 5.21. The molecule has 1 aliphatic carbocycles. The third-order valence-electron chi connectivity index (χ3n) is 3.62. The molecule has 3 atom stereocenters. The van der Waals surface area contributed by atoms with Crippen molar-refractivity contribution in [1.82, 2.24) is 10.6 Å². The van der Waals surface area contributed by atoms with Crippen molar-refractivity contribution in [3.63, 3.8) is 0 Å². The maximum Gasteiger partial charge on any atom is 0.237 e. The van der Waals surface area contributed by atoms with E-state index < -0.39 is 5.91 Å². The molecule has 4 N–H and O–H groups in total. The lowest BCUT2D eigenvalue weighted by molar-refractivity contribution is -0.126. The second-order valence-electron chi connectivity index (χ2n) is 4.79. The molecular weight excluding hydrogens is 242 g/mol. The standard InChI is InChI=1S/C11H19N3O2.ClH/c12-10(15)6-13-11(16)9-5-7-3-1-2-4-8(7)14-9;/h7-9,14H,1-6H2,(H2,12,15)(H,13,16);1H. The van der Waals surface area contributed by atoms with Crippen molar-refractivity contribution < 1.29 is 9.59 Å². The van der Waals surface area contributed by atoms with E-state index in [-0.39, 0.29) is 30.9 Å². The van der Waals surface area contributed by atoms with Gasteiger partial charge in [0.1, 0.15) is 0 Å². The number of carbonyl (C=O) groups excluding carboxylic acids is 2. The monoisotopic (exact) mass is 261 g/mol. The summed E-state index contributed by atoms with van der Waals surface area (Å²) in [5.74, 6) is 0.0510. The highest BCUT2D eigenvalue weighted by Crippen LogP contribution is 2.33. The van der Waals surface area contributed by atoms with Gasteiger partial charge in [-0.1, -0.05) is 12.8 Å². The summed E-state index contributed by atoms with van der Waals surface area (Å²) in [6.45, 7) is -0.0631. The first-order chi connectivity index (χ1) is 7.66. The largest absolute Gasteiger partial charge is 0.368 e. The summed E-state index contributed by atoms with van der Waals surface area (Å²) < 4.78 is 0. The molecule has 0 aromatic heterocycles. The number of fused-ring (bicyclic) bond motifs is 1. The molecule has 0 spiro atoms. The molecule has 0 radical (unpaired) electrons. The molecule has 2 fully saturated rings. The molecule has 2 aliphatic rings. The van der Waals surface area contributed by atoms with Gasteiger partial charge < -0.3 is 16.4 Å². The van der Waals surface area contributed by atoms with E-state index in [0.717, 1.165) is 6.42 Å². The summed E-state index contributed by atoms with van der Waals surface area (Å²) in [5.41, 5.74) is 4.98. The highest BCUT2D eigenvalue weighted by molar-refractivity contribution is 5.87. The molecule has 1 saturated heterocycles. The van der Waals surface area contributed by atoms with Crippen molar-refractivity contribution in [2.24, 2.45) is 11.7 Å². The Bertz CT molecular complexity index is 284. The first-order valence-electron chi connectivity index (χ1n) is 5.99. The van der Waals surface area contributed by atoms with Crippen LogP contribution in [0.3, 0.4) is 0 Å². The number of primary amides is 1. The molecule has 98 valence electrons. The van der Waals surface area contributed by atoms with E-state index in [0.29, 0.717) is 12.0 Å². The highest BCUT2D eigenvalue weighted by atomic mass is 35.5. The molecule has 6 heteroatoms. The molecule has 17 heavy (non-hydrogen) atoms. The summed E-state index contributed by atoms with van der Waals surface area (Å²) in [7, 11) is 0. The van der Waals surface area contributed by atoms with Crippen LogP contribution in [0, 0.1) is 5.92 Å². The van der Waals surface area contributed by atoms with Gasteiger partial charge in [0.25, 0.3) is 0 Å². The first kappa shape index (κ1) is 14.3. The lowest BCUT2D eigenvalue weighted by Crippen LogP contribution is -2.45. The van der Waals surface area contributed by atoms with E-state index in [2.05, 4.69) is 10.6 Å². The SMILES string of the molecule is Cl.NC(=O)CNC(=O)C1CC2CCCCC2N1. The molecule has 1 aliphatic heterocycles. The number of halogens is 1. The van der Waals surface area contributed by atoms with E-state index >= 15 is 0 Å². The maximum atomic E-state index is 11.7. The van der Waals surface area contributed by atoms with E-state index in [1.54, 1.807) is 0 Å². The van der Waals surface area contributed by atoms with Crippen molar-refractivity contribution in [2.45, 2.75) is 44.2 Å². The number of hydrogen-bond donors (Lipinski definition) is 3. The Labute approximate surface area is 107 Å². The smallest absolute Gasteiger partial charge is 0.237 e. The van der Waals surface area contributed by atoms with Crippen LogP contribution >= 0.6 is 12.4 Å². The Morgan fingerprint density at radius 1 is 1.29 bits per heavy atom. The van der Waals surface area contributed by atoms with Crippen LogP contribution in [-0.4, -0.2) is 30.4 Å². The number of hydrogen-bond acceptors (Lipinski definition) is 3. The zero-order valence-electron chi connectivity index (χ0n) is 9.78. The van der Waals surface area contributed by atoms with Crippen LogP contribution in [0.2, 0.25) is 0 Å². The van der Waals surface area contributed by atoms with Gasteiger partial charge in [0, 0.05) is 6.04 Å². The predicted octanol–water partition coefficient (Wildman–Crippen LogP) is -0.0696. The summed E-state index contributed by atoms with van der Waals surface area (Å²) in [5, 5.41) is 5.91. The third-order valence-corrected chi connectivity index (χ3v) is 3.62. The van der Waals surface area contributed by atoms with E-state index in [4.69, 9.17) is 5.73 Å². The number of carbonyl (C=O) groups is 2. The van der Waals surface area contributed by atoms with Gasteiger partial charge in [-0.25, -0.2) is 0 Å². The van der Waals surface area contributed by atoms with Crippen LogP contribution in [0.1, 0.15) is 32.1 Å². The summed E-state index contributed by atoms with van der Waals surface area (Å²) >= 11 is 0. The lowest BCUT2D eigenvalue weighted by atomic mass is 9.85. The average molecular weight is 262 g/mol. The molecule has 1 heterocycles. The van der Waals surface area contributed by atoms with Crippen molar-refractivity contribution in [2.75, 3.05) is 6.54 Å². The van der Waals surface area contributed by atoms with Gasteiger partial charge in [0.05, 0.1) is 12.6 Å². The second kappa shape index (κ2) is 6.21. The molecule has 0 aromatic rings. The molecule has 3 unspecified atom stereocenters. The molecular formula is C11H20ClN3O2. The van der Waals surface area contributed by atoms with E-state index in [1.165, 1.54) is 25.7 Å². The number of nitrogens with one attached hydrogen (secondary N) is 2. The van der Waals surface area contributed by atoms with Gasteiger partial charge >= 0.3 is 0 Å². The third kappa shape index (κ3) is 3.57. The van der Waals surface area contributed by atoms with Gasteiger partial charge in [-0.2, -0.15) is 0 Å². The minimum Gasteiger partial charge on any atom is -0.368 e. The minimum atomic E-state index is -0.497. The van der Waals surface area contributed by atoms with E-state index in [1.807, 2.05) is 0 Å². The zero-order valence-corrected chi connectivity index (χ0v) is 10.6. The first-order valence-corrected chi connectivity index (χ1v) is 5.99. The van der Waals surface area contributed by atoms with Gasteiger partial charge in [-0.3, -0.25) is 9.59 Å². The summed E-state index contributed by atoms with van der Waals surface area (Å²) in [6.07, 6.45) is 5.82. The average Bonchev–Trinajstić information content (AvgIpc) is 2.69. The Balaban J connectivity index is 0.00000144. The Morgan fingerprint density at radius 3 is 2.65 bits per heavy atom. The summed E-state index contributed by atoms with van der Waals surface area (Å²) in [6, 6.07) is 0.366. The van der Waals surface area contributed by atoms with Crippen LogP contribution < -0.4 is 16.4 Å². The molecule has 5 nitrogen and oxygen atoms in total. The number of nitrogens with two attached hydrogens (primary N) is 1. The summed E-state index contributed by atoms with van der Waals surface area (Å²) in [4.78, 5) is 22.3. The van der Waals surface area contributed by atoms with Crippen molar-refractivity contribution in [1.29, 1.82) is 0 Å². The maximum absolute atomic E-state index is 11.7. The highest BCUT2D eigenvalue weighted by Gasteiger charge is 2.37. The zero-order chi connectivity index (χ0) is 11.5. The van der Waals surface area contributed by atoms with Gasteiger partial charge in [-0.15, -0.1) is 12.4 Å². The number of amides is 2. The molecule has 1 saturated carbocycles. The lowest BCUT2D eigenvalue weighted by Gasteiger charge is -2.24. The van der Waals surface area contributed by atoms with Gasteiger partial charge in [-0.05, 0) is 25.2 Å². The normalized spacial score (nSPS) is 31.2. The minimum absolute atomic E-state index is 0.